The largest absolute Gasteiger partial charge is 0.388 e. The van der Waals surface area contributed by atoms with Crippen molar-refractivity contribution in [3.8, 4) is 0 Å². The SMILES string of the molecule is CC(Cn1ccc2c1CC(C)(C)CC2O)N1CCCC1. The van der Waals surface area contributed by atoms with Crippen molar-refractivity contribution in [3.63, 3.8) is 0 Å². The minimum atomic E-state index is -0.280. The first-order chi connectivity index (χ1) is 9.46. The summed E-state index contributed by atoms with van der Waals surface area (Å²) >= 11 is 0. The molecule has 1 aromatic heterocycles. The van der Waals surface area contributed by atoms with Crippen molar-refractivity contribution in [2.75, 3.05) is 13.1 Å². The highest BCUT2D eigenvalue weighted by Crippen LogP contribution is 2.41. The fourth-order valence-corrected chi connectivity index (χ4v) is 3.94. The number of likely N-dealkylation sites (tertiary alicyclic amines) is 1. The topological polar surface area (TPSA) is 28.4 Å². The summed E-state index contributed by atoms with van der Waals surface area (Å²) in [6, 6.07) is 2.72. The Hall–Kier alpha value is -0.800. The lowest BCUT2D eigenvalue weighted by atomic mass is 9.75. The van der Waals surface area contributed by atoms with Crippen LogP contribution in [0, 0.1) is 5.41 Å². The molecular formula is C17H28N2O. The second kappa shape index (κ2) is 5.19. The summed E-state index contributed by atoms with van der Waals surface area (Å²) in [7, 11) is 0. The van der Waals surface area contributed by atoms with Crippen LogP contribution in [-0.4, -0.2) is 33.7 Å². The molecule has 112 valence electrons. The number of rotatable bonds is 3. The van der Waals surface area contributed by atoms with Crippen LogP contribution in [0.4, 0.5) is 0 Å². The third-order valence-electron chi connectivity index (χ3n) is 5.09. The number of aromatic nitrogens is 1. The molecule has 1 aliphatic carbocycles. The Bertz CT molecular complexity index is 471. The van der Waals surface area contributed by atoms with E-state index >= 15 is 0 Å². The van der Waals surface area contributed by atoms with Crippen molar-refractivity contribution in [3.05, 3.63) is 23.5 Å². The summed E-state index contributed by atoms with van der Waals surface area (Å²) in [4.78, 5) is 2.59. The van der Waals surface area contributed by atoms with Crippen molar-refractivity contribution in [1.82, 2.24) is 9.47 Å². The van der Waals surface area contributed by atoms with Crippen molar-refractivity contribution in [1.29, 1.82) is 0 Å². The van der Waals surface area contributed by atoms with Crippen LogP contribution in [0.3, 0.4) is 0 Å². The van der Waals surface area contributed by atoms with Crippen LogP contribution in [0.1, 0.15) is 57.4 Å². The molecule has 0 amide bonds. The Morgan fingerprint density at radius 2 is 2.05 bits per heavy atom. The van der Waals surface area contributed by atoms with Gasteiger partial charge in [-0.25, -0.2) is 0 Å². The maximum atomic E-state index is 10.3. The maximum absolute atomic E-state index is 10.3. The second-order valence-corrected chi connectivity index (χ2v) is 7.52. The Labute approximate surface area is 122 Å². The number of aliphatic hydroxyl groups is 1. The minimum Gasteiger partial charge on any atom is -0.388 e. The quantitative estimate of drug-likeness (QED) is 0.919. The number of hydrogen-bond donors (Lipinski definition) is 1. The maximum Gasteiger partial charge on any atom is 0.0812 e. The molecule has 2 unspecified atom stereocenters. The van der Waals surface area contributed by atoms with Gasteiger partial charge in [0, 0.05) is 30.0 Å². The molecule has 0 bridgehead atoms. The Balaban J connectivity index is 1.78. The molecule has 2 heterocycles. The van der Waals surface area contributed by atoms with E-state index in [-0.39, 0.29) is 11.5 Å². The van der Waals surface area contributed by atoms with Gasteiger partial charge in [-0.3, -0.25) is 4.90 Å². The predicted molar refractivity (Wildman–Crippen MR) is 81.8 cm³/mol. The van der Waals surface area contributed by atoms with Crippen LogP contribution in [0.15, 0.2) is 12.3 Å². The van der Waals surface area contributed by atoms with Gasteiger partial charge in [0.25, 0.3) is 0 Å². The van der Waals surface area contributed by atoms with Crippen molar-refractivity contribution >= 4 is 0 Å². The Morgan fingerprint density at radius 3 is 2.75 bits per heavy atom. The van der Waals surface area contributed by atoms with Crippen molar-refractivity contribution in [2.24, 2.45) is 5.41 Å². The molecule has 1 fully saturated rings. The van der Waals surface area contributed by atoms with E-state index in [1.807, 2.05) is 0 Å². The average Bonchev–Trinajstić information content (AvgIpc) is 2.98. The molecule has 3 nitrogen and oxygen atoms in total. The first-order valence-electron chi connectivity index (χ1n) is 8.06. The molecule has 0 aromatic carbocycles. The molecule has 0 saturated carbocycles. The smallest absolute Gasteiger partial charge is 0.0812 e. The van der Waals surface area contributed by atoms with Gasteiger partial charge in [-0.15, -0.1) is 0 Å². The second-order valence-electron chi connectivity index (χ2n) is 7.52. The first kappa shape index (κ1) is 14.2. The molecular weight excluding hydrogens is 248 g/mol. The molecule has 2 atom stereocenters. The summed E-state index contributed by atoms with van der Waals surface area (Å²) in [5, 5.41) is 10.3. The third kappa shape index (κ3) is 2.66. The van der Waals surface area contributed by atoms with Crippen molar-refractivity contribution in [2.45, 2.75) is 65.1 Å². The minimum absolute atomic E-state index is 0.208. The zero-order chi connectivity index (χ0) is 14.3. The molecule has 20 heavy (non-hydrogen) atoms. The summed E-state index contributed by atoms with van der Waals surface area (Å²) < 4.78 is 2.39. The van der Waals surface area contributed by atoms with Gasteiger partial charge in [0.1, 0.15) is 0 Å². The van der Waals surface area contributed by atoms with Gasteiger partial charge >= 0.3 is 0 Å². The van der Waals surface area contributed by atoms with E-state index in [2.05, 4.69) is 42.5 Å². The highest BCUT2D eigenvalue weighted by Gasteiger charge is 2.33. The monoisotopic (exact) mass is 276 g/mol. The van der Waals surface area contributed by atoms with Crippen LogP contribution in [0.25, 0.3) is 0 Å². The number of aliphatic hydroxyl groups excluding tert-OH is 1. The normalized spacial score (nSPS) is 27.5. The Kier molecular flexibility index (Phi) is 3.67. The summed E-state index contributed by atoms with van der Waals surface area (Å²) in [6.45, 7) is 10.4. The molecule has 1 aliphatic heterocycles. The van der Waals surface area contributed by atoms with E-state index in [0.29, 0.717) is 6.04 Å². The summed E-state index contributed by atoms with van der Waals surface area (Å²) in [5.74, 6) is 0. The van der Waals surface area contributed by atoms with E-state index in [1.165, 1.54) is 31.6 Å². The number of hydrogen-bond acceptors (Lipinski definition) is 2. The summed E-state index contributed by atoms with van der Waals surface area (Å²) in [6.07, 6.45) is 6.56. The molecule has 0 radical (unpaired) electrons. The standard InChI is InChI=1S/C17H28N2O/c1-13(18-7-4-5-8-18)12-19-9-6-14-15(19)10-17(2,3)11-16(14)20/h6,9,13,16,20H,4-5,7-8,10-12H2,1-3H3. The van der Waals surface area contributed by atoms with Gasteiger partial charge < -0.3 is 9.67 Å². The van der Waals surface area contributed by atoms with Gasteiger partial charge in [0.05, 0.1) is 6.10 Å². The molecule has 0 spiro atoms. The fourth-order valence-electron chi connectivity index (χ4n) is 3.94. The lowest BCUT2D eigenvalue weighted by molar-refractivity contribution is 0.0973. The van der Waals surface area contributed by atoms with Gasteiger partial charge in [-0.05, 0) is 57.2 Å². The number of fused-ring (bicyclic) bond motifs is 1. The first-order valence-corrected chi connectivity index (χ1v) is 8.06. The Morgan fingerprint density at radius 1 is 1.35 bits per heavy atom. The molecule has 1 saturated heterocycles. The van der Waals surface area contributed by atoms with Crippen LogP contribution in [0.2, 0.25) is 0 Å². The van der Waals surface area contributed by atoms with E-state index in [1.54, 1.807) is 0 Å². The van der Waals surface area contributed by atoms with Crippen LogP contribution < -0.4 is 0 Å². The van der Waals surface area contributed by atoms with Crippen molar-refractivity contribution < 1.29 is 5.11 Å². The van der Waals surface area contributed by atoms with E-state index in [0.717, 1.165) is 24.9 Å². The lowest BCUT2D eigenvalue weighted by Gasteiger charge is -2.34. The van der Waals surface area contributed by atoms with Gasteiger partial charge in [-0.1, -0.05) is 13.8 Å². The highest BCUT2D eigenvalue weighted by molar-refractivity contribution is 5.29. The molecule has 1 aromatic rings. The van der Waals surface area contributed by atoms with Crippen LogP contribution >= 0.6 is 0 Å². The molecule has 3 rings (SSSR count). The van der Waals surface area contributed by atoms with Gasteiger partial charge in [0.2, 0.25) is 0 Å². The zero-order valence-electron chi connectivity index (χ0n) is 13.1. The van der Waals surface area contributed by atoms with E-state index < -0.39 is 0 Å². The number of nitrogens with zero attached hydrogens (tertiary/aromatic N) is 2. The molecule has 3 heteroatoms. The van der Waals surface area contributed by atoms with Crippen LogP contribution in [0.5, 0.6) is 0 Å². The summed E-state index contributed by atoms with van der Waals surface area (Å²) in [5.41, 5.74) is 2.73. The fraction of sp³-hybridized carbons (Fsp3) is 0.765. The van der Waals surface area contributed by atoms with Crippen LogP contribution in [-0.2, 0) is 13.0 Å². The zero-order valence-corrected chi connectivity index (χ0v) is 13.1. The van der Waals surface area contributed by atoms with E-state index in [9.17, 15) is 5.11 Å². The van der Waals surface area contributed by atoms with Gasteiger partial charge in [-0.2, -0.15) is 0 Å². The third-order valence-corrected chi connectivity index (χ3v) is 5.09. The average molecular weight is 276 g/mol. The highest BCUT2D eigenvalue weighted by atomic mass is 16.3. The van der Waals surface area contributed by atoms with E-state index in [4.69, 9.17) is 0 Å². The molecule has 2 aliphatic rings. The predicted octanol–water partition coefficient (Wildman–Crippen LogP) is 2.98. The van der Waals surface area contributed by atoms with Gasteiger partial charge in [0.15, 0.2) is 0 Å². The lowest BCUT2D eigenvalue weighted by Crippen LogP contribution is -2.35. The molecule has 1 N–H and O–H groups in total.